The van der Waals surface area contributed by atoms with Crippen LogP contribution in [-0.2, 0) is 21.3 Å². The normalized spacial score (nSPS) is 17.4. The fraction of sp³-hybridized carbons (Fsp3) is 0.407. The highest BCUT2D eigenvalue weighted by Gasteiger charge is 2.24. The summed E-state index contributed by atoms with van der Waals surface area (Å²) in [6, 6.07) is 11.7. The molecule has 11 heteroatoms. The van der Waals surface area contributed by atoms with Crippen molar-refractivity contribution in [2.24, 2.45) is 0 Å². The number of piperazine rings is 1. The molecule has 0 radical (unpaired) electrons. The fourth-order valence-corrected chi connectivity index (χ4v) is 5.87. The number of anilines is 2. The third kappa shape index (κ3) is 6.24. The Bertz CT molecular complexity index is 1340. The number of nitrogens with one attached hydrogen (secondary N) is 1. The first-order valence-electron chi connectivity index (χ1n) is 12.8. The second-order valence-corrected chi connectivity index (χ2v) is 11.3. The van der Waals surface area contributed by atoms with Crippen molar-refractivity contribution in [3.05, 3.63) is 60.6 Å². The maximum Gasteiger partial charge on any atom is 0.267 e. The number of benzene rings is 1. The smallest absolute Gasteiger partial charge is 0.267 e. The van der Waals surface area contributed by atoms with Gasteiger partial charge in [-0.2, -0.15) is 0 Å². The van der Waals surface area contributed by atoms with Crippen LogP contribution in [0, 0.1) is 0 Å². The minimum Gasteiger partial charge on any atom is -0.480 e. The molecule has 2 aromatic heterocycles. The van der Waals surface area contributed by atoms with E-state index in [1.807, 2.05) is 4.90 Å². The van der Waals surface area contributed by atoms with Gasteiger partial charge in [-0.25, -0.2) is 13.4 Å². The van der Waals surface area contributed by atoms with Crippen LogP contribution in [0.2, 0.25) is 0 Å². The summed E-state index contributed by atoms with van der Waals surface area (Å²) in [6.45, 7) is 7.74. The third-order valence-electron chi connectivity index (χ3n) is 6.94. The molecule has 0 unspecified atom stereocenters. The molecule has 0 atom stereocenters. The summed E-state index contributed by atoms with van der Waals surface area (Å²) >= 11 is 0. The standard InChI is InChI=1S/C27H34N6O4S/c1-31-7-9-32(10-8-31)20-21-3-5-22(6-4-21)23-15-24(18-28-17-23)30-38(34,35)26-16-25(19-29-27(26)36-2)33-11-13-37-14-12-33/h3-6,15-19,30H,7-14,20H2,1-2H3. The maximum absolute atomic E-state index is 13.4. The number of ether oxygens (including phenoxy) is 2. The first kappa shape index (κ1) is 26.4. The first-order chi connectivity index (χ1) is 18.4. The van der Waals surface area contributed by atoms with Gasteiger partial charge in [0.05, 0.1) is 44.1 Å². The number of morpholine rings is 1. The Balaban J connectivity index is 1.32. The molecule has 0 bridgehead atoms. The predicted octanol–water partition coefficient (Wildman–Crippen LogP) is 2.54. The molecule has 2 fully saturated rings. The second kappa shape index (κ2) is 11.6. The lowest BCUT2D eigenvalue weighted by Crippen LogP contribution is -2.43. The van der Waals surface area contributed by atoms with Gasteiger partial charge in [-0.3, -0.25) is 14.6 Å². The van der Waals surface area contributed by atoms with E-state index in [1.165, 1.54) is 18.9 Å². The Morgan fingerprint density at radius 3 is 2.39 bits per heavy atom. The van der Waals surface area contributed by atoms with Crippen molar-refractivity contribution in [2.45, 2.75) is 11.4 Å². The van der Waals surface area contributed by atoms with E-state index in [4.69, 9.17) is 9.47 Å². The molecule has 4 heterocycles. The van der Waals surface area contributed by atoms with Gasteiger partial charge in [-0.1, -0.05) is 24.3 Å². The Hall–Kier alpha value is -3.25. The molecule has 1 N–H and O–H groups in total. The van der Waals surface area contributed by atoms with Crippen molar-refractivity contribution < 1.29 is 17.9 Å². The lowest BCUT2D eigenvalue weighted by molar-refractivity contribution is 0.122. The van der Waals surface area contributed by atoms with E-state index in [0.717, 1.165) is 43.9 Å². The molecule has 2 saturated heterocycles. The summed E-state index contributed by atoms with van der Waals surface area (Å²) in [5.74, 6) is 0.0366. The topological polar surface area (TPSA) is 100 Å². The second-order valence-electron chi connectivity index (χ2n) is 9.64. The highest BCUT2D eigenvalue weighted by Crippen LogP contribution is 2.29. The molecule has 0 saturated carbocycles. The molecule has 3 aromatic rings. The van der Waals surface area contributed by atoms with Gasteiger partial charge in [-0.05, 0) is 30.3 Å². The Labute approximate surface area is 224 Å². The summed E-state index contributed by atoms with van der Waals surface area (Å²) in [4.78, 5) is 15.4. The van der Waals surface area contributed by atoms with Crippen molar-refractivity contribution in [3.8, 4) is 17.0 Å². The lowest BCUT2D eigenvalue weighted by atomic mass is 10.0. The van der Waals surface area contributed by atoms with Gasteiger partial charge >= 0.3 is 0 Å². The highest BCUT2D eigenvalue weighted by molar-refractivity contribution is 7.92. The number of sulfonamides is 1. The van der Waals surface area contributed by atoms with Gasteiger partial charge in [-0.15, -0.1) is 0 Å². The van der Waals surface area contributed by atoms with Gasteiger partial charge in [0.2, 0.25) is 5.88 Å². The summed E-state index contributed by atoms with van der Waals surface area (Å²) in [7, 11) is -0.422. The van der Waals surface area contributed by atoms with Gasteiger partial charge in [0.15, 0.2) is 4.90 Å². The number of likely N-dealkylation sites (N-methyl/N-ethyl adjacent to an activating group) is 1. The summed E-state index contributed by atoms with van der Waals surface area (Å²) in [6.07, 6.45) is 4.85. The van der Waals surface area contributed by atoms with Crippen molar-refractivity contribution >= 4 is 21.4 Å². The number of hydrogen-bond donors (Lipinski definition) is 1. The molecule has 0 amide bonds. The van der Waals surface area contributed by atoms with Crippen molar-refractivity contribution in [1.29, 1.82) is 0 Å². The first-order valence-corrected chi connectivity index (χ1v) is 14.2. The van der Waals surface area contributed by atoms with Gasteiger partial charge in [0.25, 0.3) is 10.0 Å². The van der Waals surface area contributed by atoms with Gasteiger partial charge in [0.1, 0.15) is 0 Å². The molecule has 1 aromatic carbocycles. The molecule has 2 aliphatic rings. The van der Waals surface area contributed by atoms with Crippen LogP contribution >= 0.6 is 0 Å². The van der Waals surface area contributed by atoms with E-state index in [2.05, 4.69) is 55.8 Å². The van der Waals surface area contributed by atoms with E-state index in [1.54, 1.807) is 24.5 Å². The average Bonchev–Trinajstić information content (AvgIpc) is 2.95. The van der Waals surface area contributed by atoms with Crippen LogP contribution < -0.4 is 14.4 Å². The average molecular weight is 539 g/mol. The molecule has 2 aliphatic heterocycles. The van der Waals surface area contributed by atoms with Crippen molar-refractivity contribution in [3.63, 3.8) is 0 Å². The minimum atomic E-state index is -3.99. The zero-order chi connectivity index (χ0) is 26.5. The molecule has 38 heavy (non-hydrogen) atoms. The Kier molecular flexibility index (Phi) is 8.08. The van der Waals surface area contributed by atoms with E-state index >= 15 is 0 Å². The van der Waals surface area contributed by atoms with E-state index in [0.29, 0.717) is 37.7 Å². The molecule has 10 nitrogen and oxygen atoms in total. The van der Waals surface area contributed by atoms with E-state index in [9.17, 15) is 8.42 Å². The minimum absolute atomic E-state index is 0.0253. The van der Waals surface area contributed by atoms with E-state index in [-0.39, 0.29) is 10.8 Å². The molecule has 0 aliphatic carbocycles. The number of pyridine rings is 2. The van der Waals surface area contributed by atoms with Crippen LogP contribution in [-0.4, -0.2) is 94.8 Å². The van der Waals surface area contributed by atoms with Crippen LogP contribution in [0.5, 0.6) is 5.88 Å². The highest BCUT2D eigenvalue weighted by atomic mass is 32.2. The SMILES string of the molecule is COc1ncc(N2CCOCC2)cc1S(=O)(=O)Nc1cncc(-c2ccc(CN3CCN(C)CC3)cc2)c1. The van der Waals surface area contributed by atoms with Crippen LogP contribution in [0.1, 0.15) is 5.56 Å². The van der Waals surface area contributed by atoms with Gasteiger partial charge in [0, 0.05) is 57.6 Å². The van der Waals surface area contributed by atoms with Crippen LogP contribution in [0.15, 0.2) is 59.9 Å². The largest absolute Gasteiger partial charge is 0.480 e. The Morgan fingerprint density at radius 1 is 0.947 bits per heavy atom. The third-order valence-corrected chi connectivity index (χ3v) is 8.32. The number of methoxy groups -OCH3 is 1. The summed E-state index contributed by atoms with van der Waals surface area (Å²) < 4.78 is 40.2. The Morgan fingerprint density at radius 2 is 1.68 bits per heavy atom. The quantitative estimate of drug-likeness (QED) is 0.464. The molecular weight excluding hydrogens is 504 g/mol. The number of rotatable bonds is 8. The van der Waals surface area contributed by atoms with E-state index < -0.39 is 10.0 Å². The number of nitrogens with zero attached hydrogens (tertiary/aromatic N) is 5. The summed E-state index contributed by atoms with van der Waals surface area (Å²) in [5.41, 5.74) is 4.11. The zero-order valence-electron chi connectivity index (χ0n) is 21.8. The molecule has 202 valence electrons. The summed E-state index contributed by atoms with van der Waals surface area (Å²) in [5, 5.41) is 0. The lowest BCUT2D eigenvalue weighted by Gasteiger charge is -2.32. The molecule has 0 spiro atoms. The molecular formula is C27H34N6O4S. The zero-order valence-corrected chi connectivity index (χ0v) is 22.7. The van der Waals surface area contributed by atoms with Crippen LogP contribution in [0.3, 0.4) is 0 Å². The van der Waals surface area contributed by atoms with Crippen LogP contribution in [0.4, 0.5) is 11.4 Å². The van der Waals surface area contributed by atoms with Gasteiger partial charge < -0.3 is 19.3 Å². The number of hydrogen-bond acceptors (Lipinski definition) is 9. The fourth-order valence-electron chi connectivity index (χ4n) is 4.69. The maximum atomic E-state index is 13.4. The van der Waals surface area contributed by atoms with Crippen molar-refractivity contribution in [2.75, 3.05) is 76.3 Å². The van der Waals surface area contributed by atoms with Crippen LogP contribution in [0.25, 0.3) is 11.1 Å². The van der Waals surface area contributed by atoms with Crippen molar-refractivity contribution in [1.82, 2.24) is 19.8 Å². The molecule has 5 rings (SSSR count). The predicted molar refractivity (Wildman–Crippen MR) is 147 cm³/mol. The monoisotopic (exact) mass is 538 g/mol. The number of aromatic nitrogens is 2.